The van der Waals surface area contributed by atoms with E-state index in [1.54, 1.807) is 6.92 Å². The van der Waals surface area contributed by atoms with E-state index >= 15 is 0 Å². The SMILES string of the molecule is CC(=O)O.CC1=CC(=O)NC1=O. The second-order valence-electron chi connectivity index (χ2n) is 2.16. The summed E-state index contributed by atoms with van der Waals surface area (Å²) in [6.07, 6.45) is 1.28. The van der Waals surface area contributed by atoms with Crippen LogP contribution in [0.2, 0.25) is 0 Å². The Labute approximate surface area is 69.1 Å². The number of hydrogen-bond donors (Lipinski definition) is 2. The Morgan fingerprint density at radius 3 is 2.00 bits per heavy atom. The summed E-state index contributed by atoms with van der Waals surface area (Å²) in [7, 11) is 0. The molecule has 12 heavy (non-hydrogen) atoms. The standard InChI is InChI=1S/C5H5NO2.C2H4O2/c1-3-2-4(7)6-5(3)8;1-2(3)4/h2H,1H3,(H,6,7,8);1H3,(H,3,4). The van der Waals surface area contributed by atoms with Crippen molar-refractivity contribution in [3.05, 3.63) is 11.6 Å². The molecule has 0 aromatic carbocycles. The highest BCUT2D eigenvalue weighted by atomic mass is 16.4. The molecule has 2 amide bonds. The molecular weight excluding hydrogens is 162 g/mol. The molecule has 1 aliphatic heterocycles. The Morgan fingerprint density at radius 1 is 1.50 bits per heavy atom. The number of carboxylic acid groups (broad SMARTS) is 1. The Bertz CT molecular complexity index is 250. The third-order valence-corrected chi connectivity index (χ3v) is 0.942. The van der Waals surface area contributed by atoms with Gasteiger partial charge in [-0.15, -0.1) is 0 Å². The van der Waals surface area contributed by atoms with Crippen LogP contribution in [0.1, 0.15) is 13.8 Å². The van der Waals surface area contributed by atoms with E-state index in [1.807, 2.05) is 0 Å². The van der Waals surface area contributed by atoms with Gasteiger partial charge in [-0.05, 0) is 6.92 Å². The third kappa shape index (κ3) is 4.21. The average molecular weight is 171 g/mol. The fourth-order valence-electron chi connectivity index (χ4n) is 0.509. The fraction of sp³-hybridized carbons (Fsp3) is 0.286. The molecule has 2 N–H and O–H groups in total. The second kappa shape index (κ2) is 4.27. The predicted octanol–water partition coefficient (Wildman–Crippen LogP) is -0.320. The monoisotopic (exact) mass is 171 g/mol. The molecule has 1 heterocycles. The minimum Gasteiger partial charge on any atom is -0.481 e. The third-order valence-electron chi connectivity index (χ3n) is 0.942. The molecule has 0 atom stereocenters. The first-order chi connectivity index (χ1) is 5.43. The summed E-state index contributed by atoms with van der Waals surface area (Å²) < 4.78 is 0. The largest absolute Gasteiger partial charge is 0.481 e. The molecule has 0 aromatic heterocycles. The minimum absolute atomic E-state index is 0.282. The normalized spacial score (nSPS) is 14.3. The van der Waals surface area contributed by atoms with Gasteiger partial charge in [0, 0.05) is 18.6 Å². The fourth-order valence-corrected chi connectivity index (χ4v) is 0.509. The molecule has 0 unspecified atom stereocenters. The molecule has 66 valence electrons. The van der Waals surface area contributed by atoms with Crippen LogP contribution in [0.5, 0.6) is 0 Å². The highest BCUT2D eigenvalue weighted by molar-refractivity contribution is 6.15. The summed E-state index contributed by atoms with van der Waals surface area (Å²) in [4.78, 5) is 29.6. The summed E-state index contributed by atoms with van der Waals surface area (Å²) in [6, 6.07) is 0. The van der Waals surface area contributed by atoms with Crippen LogP contribution in [0.15, 0.2) is 11.6 Å². The van der Waals surface area contributed by atoms with Gasteiger partial charge in [0.25, 0.3) is 17.8 Å². The van der Waals surface area contributed by atoms with Crippen molar-refractivity contribution in [2.75, 3.05) is 0 Å². The van der Waals surface area contributed by atoms with Gasteiger partial charge < -0.3 is 5.11 Å². The molecule has 1 aliphatic rings. The Hall–Kier alpha value is -1.65. The number of amides is 2. The lowest BCUT2D eigenvalue weighted by atomic mass is 10.3. The molecular formula is C7H9NO4. The molecule has 1 rings (SSSR count). The van der Waals surface area contributed by atoms with Gasteiger partial charge in [-0.25, -0.2) is 0 Å². The van der Waals surface area contributed by atoms with Crippen LogP contribution in [-0.2, 0) is 14.4 Å². The van der Waals surface area contributed by atoms with Gasteiger partial charge in [-0.1, -0.05) is 0 Å². The van der Waals surface area contributed by atoms with Crippen molar-refractivity contribution in [1.29, 1.82) is 0 Å². The van der Waals surface area contributed by atoms with Gasteiger partial charge in [0.05, 0.1) is 0 Å². The van der Waals surface area contributed by atoms with Crippen molar-refractivity contribution in [2.24, 2.45) is 0 Å². The van der Waals surface area contributed by atoms with Crippen molar-refractivity contribution in [2.45, 2.75) is 13.8 Å². The zero-order valence-electron chi connectivity index (χ0n) is 6.75. The number of nitrogens with one attached hydrogen (secondary N) is 1. The van der Waals surface area contributed by atoms with Crippen LogP contribution in [0.25, 0.3) is 0 Å². The van der Waals surface area contributed by atoms with Gasteiger partial charge in [-0.3, -0.25) is 19.7 Å². The first-order valence-electron chi connectivity index (χ1n) is 3.16. The maximum atomic E-state index is 10.4. The van der Waals surface area contributed by atoms with E-state index in [-0.39, 0.29) is 11.8 Å². The van der Waals surface area contributed by atoms with E-state index in [2.05, 4.69) is 5.32 Å². The zero-order chi connectivity index (χ0) is 9.72. The van der Waals surface area contributed by atoms with Crippen molar-refractivity contribution in [3.63, 3.8) is 0 Å². The number of hydrogen-bond acceptors (Lipinski definition) is 3. The number of carboxylic acids is 1. The van der Waals surface area contributed by atoms with Gasteiger partial charge in [0.1, 0.15) is 0 Å². The number of carbonyl (C=O) groups is 3. The highest BCUT2D eigenvalue weighted by Crippen LogP contribution is 1.97. The molecule has 0 bridgehead atoms. The van der Waals surface area contributed by atoms with Crippen molar-refractivity contribution in [3.8, 4) is 0 Å². The van der Waals surface area contributed by atoms with E-state index in [0.717, 1.165) is 6.92 Å². The van der Waals surface area contributed by atoms with E-state index in [0.29, 0.717) is 5.57 Å². The van der Waals surface area contributed by atoms with Crippen LogP contribution >= 0.6 is 0 Å². The number of rotatable bonds is 0. The smallest absolute Gasteiger partial charge is 0.300 e. The average Bonchev–Trinajstić information content (AvgIpc) is 2.08. The van der Waals surface area contributed by atoms with Crippen molar-refractivity contribution < 1.29 is 19.5 Å². The minimum atomic E-state index is -0.833. The summed E-state index contributed by atoms with van der Waals surface area (Å²) in [5.41, 5.74) is 0.481. The van der Waals surface area contributed by atoms with E-state index in [1.165, 1.54) is 6.08 Å². The molecule has 5 nitrogen and oxygen atoms in total. The molecule has 0 radical (unpaired) electrons. The van der Waals surface area contributed by atoms with E-state index < -0.39 is 5.97 Å². The topological polar surface area (TPSA) is 83.5 Å². The van der Waals surface area contributed by atoms with Gasteiger partial charge in [0.15, 0.2) is 0 Å². The van der Waals surface area contributed by atoms with Crippen LogP contribution in [0.3, 0.4) is 0 Å². The Balaban J connectivity index is 0.000000261. The molecule has 0 spiro atoms. The van der Waals surface area contributed by atoms with Gasteiger partial charge in [-0.2, -0.15) is 0 Å². The Morgan fingerprint density at radius 2 is 1.92 bits per heavy atom. The summed E-state index contributed by atoms with van der Waals surface area (Å²) >= 11 is 0. The molecule has 0 aliphatic carbocycles. The molecule has 0 aromatic rings. The number of aliphatic carboxylic acids is 1. The lowest BCUT2D eigenvalue weighted by Crippen LogP contribution is -2.21. The predicted molar refractivity (Wildman–Crippen MR) is 40.2 cm³/mol. The second-order valence-corrected chi connectivity index (χ2v) is 2.16. The highest BCUT2D eigenvalue weighted by Gasteiger charge is 2.15. The van der Waals surface area contributed by atoms with Crippen molar-refractivity contribution >= 4 is 17.8 Å². The van der Waals surface area contributed by atoms with Crippen LogP contribution in [-0.4, -0.2) is 22.9 Å². The zero-order valence-corrected chi connectivity index (χ0v) is 6.75. The van der Waals surface area contributed by atoms with Gasteiger partial charge >= 0.3 is 0 Å². The summed E-state index contributed by atoms with van der Waals surface area (Å²) in [5.74, 6) is -1.43. The number of imide groups is 1. The quantitative estimate of drug-likeness (QED) is 0.489. The first-order valence-corrected chi connectivity index (χ1v) is 3.16. The first kappa shape index (κ1) is 10.3. The molecule has 0 fully saturated rings. The summed E-state index contributed by atoms with van der Waals surface area (Å²) in [5, 5.41) is 9.51. The van der Waals surface area contributed by atoms with Crippen LogP contribution in [0.4, 0.5) is 0 Å². The lowest BCUT2D eigenvalue weighted by molar-refractivity contribution is -0.134. The maximum Gasteiger partial charge on any atom is 0.300 e. The van der Waals surface area contributed by atoms with Crippen LogP contribution in [0, 0.1) is 0 Å². The lowest BCUT2D eigenvalue weighted by Gasteiger charge is -1.84. The van der Waals surface area contributed by atoms with E-state index in [9.17, 15) is 9.59 Å². The Kier molecular flexibility index (Phi) is 3.69. The molecule has 0 saturated heterocycles. The number of carbonyl (C=O) groups excluding carboxylic acids is 2. The summed E-state index contributed by atoms with van der Waals surface area (Å²) in [6.45, 7) is 2.68. The van der Waals surface area contributed by atoms with Crippen molar-refractivity contribution in [1.82, 2.24) is 5.32 Å². The van der Waals surface area contributed by atoms with Gasteiger partial charge in [0.2, 0.25) is 0 Å². The van der Waals surface area contributed by atoms with E-state index in [4.69, 9.17) is 9.90 Å². The molecule has 5 heteroatoms. The van der Waals surface area contributed by atoms with Crippen LogP contribution < -0.4 is 5.32 Å². The maximum absolute atomic E-state index is 10.4. The molecule has 0 saturated carbocycles.